The number of H-pyrrole nitrogens is 2. The molecule has 0 fully saturated rings. The predicted octanol–water partition coefficient (Wildman–Crippen LogP) is 5.58. The summed E-state index contributed by atoms with van der Waals surface area (Å²) in [5, 5.41) is 1.29. The van der Waals surface area contributed by atoms with Gasteiger partial charge in [-0.1, -0.05) is 42.5 Å². The fourth-order valence-corrected chi connectivity index (χ4v) is 4.64. The van der Waals surface area contributed by atoms with Crippen LogP contribution >= 0.6 is 0 Å². The number of halogens is 1. The first-order valence-electron chi connectivity index (χ1n) is 12.0. The first-order valence-corrected chi connectivity index (χ1v) is 12.0. The summed E-state index contributed by atoms with van der Waals surface area (Å²) in [4.78, 5) is 38.4. The van der Waals surface area contributed by atoms with Crippen molar-refractivity contribution in [2.24, 2.45) is 0 Å². The van der Waals surface area contributed by atoms with E-state index in [0.29, 0.717) is 23.1 Å². The average Bonchev–Trinajstić information content (AvgIpc) is 3.24. The molecule has 3 aromatic carbocycles. The second-order valence-electron chi connectivity index (χ2n) is 9.18. The van der Waals surface area contributed by atoms with E-state index >= 15 is 0 Å². The van der Waals surface area contributed by atoms with Gasteiger partial charge in [-0.05, 0) is 61.7 Å². The van der Waals surface area contributed by atoms with Crippen molar-refractivity contribution < 1.29 is 9.18 Å². The topological polar surface area (TPSA) is 81.8 Å². The fraction of sp³-hybridized carbons (Fsp3) is 0.207. The molecule has 2 aromatic heterocycles. The van der Waals surface area contributed by atoms with Crippen molar-refractivity contribution in [2.75, 3.05) is 0 Å². The Morgan fingerprint density at radius 2 is 1.72 bits per heavy atom. The summed E-state index contributed by atoms with van der Waals surface area (Å²) in [6, 6.07) is 21.6. The van der Waals surface area contributed by atoms with Crippen LogP contribution in [0.4, 0.5) is 4.39 Å². The Morgan fingerprint density at radius 1 is 0.972 bits per heavy atom. The summed E-state index contributed by atoms with van der Waals surface area (Å²) in [7, 11) is 0. The van der Waals surface area contributed by atoms with Gasteiger partial charge in [0.05, 0.1) is 17.4 Å². The molecule has 182 valence electrons. The van der Waals surface area contributed by atoms with Crippen molar-refractivity contribution in [3.05, 3.63) is 100 Å². The van der Waals surface area contributed by atoms with E-state index in [1.165, 1.54) is 12.1 Å². The highest BCUT2D eigenvalue weighted by molar-refractivity contribution is 5.91. The zero-order valence-electron chi connectivity index (χ0n) is 20.2. The van der Waals surface area contributed by atoms with Crippen LogP contribution in [0.2, 0.25) is 0 Å². The second-order valence-corrected chi connectivity index (χ2v) is 9.18. The van der Waals surface area contributed by atoms with E-state index in [0.717, 1.165) is 27.7 Å². The lowest BCUT2D eigenvalue weighted by molar-refractivity contribution is -0.133. The van der Waals surface area contributed by atoms with E-state index in [4.69, 9.17) is 0 Å². The lowest BCUT2D eigenvalue weighted by Crippen LogP contribution is -2.37. The van der Waals surface area contributed by atoms with Gasteiger partial charge in [0, 0.05) is 29.1 Å². The number of carbonyl (C=O) groups excluding carboxylic acids is 1. The van der Waals surface area contributed by atoms with Crippen LogP contribution in [0.5, 0.6) is 0 Å². The number of aromatic amines is 2. The normalized spacial score (nSPS) is 11.4. The molecule has 0 bridgehead atoms. The van der Waals surface area contributed by atoms with Crippen LogP contribution in [-0.4, -0.2) is 31.8 Å². The van der Waals surface area contributed by atoms with Crippen molar-refractivity contribution in [3.63, 3.8) is 0 Å². The third kappa shape index (κ3) is 4.64. The summed E-state index contributed by atoms with van der Waals surface area (Å²) in [6.45, 7) is 4.08. The van der Waals surface area contributed by atoms with Gasteiger partial charge in [-0.3, -0.25) is 9.59 Å². The Morgan fingerprint density at radius 3 is 2.50 bits per heavy atom. The molecular formula is C29H27FN4O2. The largest absolute Gasteiger partial charge is 0.354 e. The SMILES string of the molecule is CC(C)N(Cc1nc2ccccc2c(=O)[nH]1)C(=O)CCc1c(-c2ccccc2)[nH]c2ccc(F)cc12. The Labute approximate surface area is 207 Å². The molecule has 36 heavy (non-hydrogen) atoms. The highest BCUT2D eigenvalue weighted by atomic mass is 19.1. The van der Waals surface area contributed by atoms with Crippen molar-refractivity contribution in [3.8, 4) is 11.3 Å². The van der Waals surface area contributed by atoms with E-state index < -0.39 is 0 Å². The van der Waals surface area contributed by atoms with Gasteiger partial charge < -0.3 is 14.9 Å². The number of hydrogen-bond donors (Lipinski definition) is 2. The highest BCUT2D eigenvalue weighted by Gasteiger charge is 2.21. The minimum Gasteiger partial charge on any atom is -0.354 e. The van der Waals surface area contributed by atoms with Crippen LogP contribution in [-0.2, 0) is 17.8 Å². The van der Waals surface area contributed by atoms with Gasteiger partial charge in [0.25, 0.3) is 5.56 Å². The molecule has 0 radical (unpaired) electrons. The van der Waals surface area contributed by atoms with Crippen LogP contribution in [0, 0.1) is 5.82 Å². The number of nitrogens with zero attached hydrogens (tertiary/aromatic N) is 2. The van der Waals surface area contributed by atoms with Crippen molar-refractivity contribution in [1.29, 1.82) is 0 Å². The fourth-order valence-electron chi connectivity index (χ4n) is 4.64. The van der Waals surface area contributed by atoms with Gasteiger partial charge in [0.15, 0.2) is 0 Å². The summed E-state index contributed by atoms with van der Waals surface area (Å²) in [5.74, 6) is 0.0642. The number of amides is 1. The summed E-state index contributed by atoms with van der Waals surface area (Å²) in [6.07, 6.45) is 0.677. The minimum atomic E-state index is -0.316. The zero-order chi connectivity index (χ0) is 25.2. The van der Waals surface area contributed by atoms with Gasteiger partial charge in [0.2, 0.25) is 5.91 Å². The number of rotatable bonds is 7. The third-order valence-electron chi connectivity index (χ3n) is 6.45. The molecule has 0 aliphatic rings. The molecule has 5 rings (SSSR count). The standard InChI is InChI=1S/C29H27FN4O2/c1-18(2)34(17-26-31-24-11-7-6-10-22(24)29(36)33-26)27(35)15-13-21-23-16-20(30)12-14-25(23)32-28(21)19-8-4-3-5-9-19/h3-12,14,16,18,32H,13,15,17H2,1-2H3,(H,31,33,36). The Balaban J connectivity index is 1.42. The van der Waals surface area contributed by atoms with Crippen molar-refractivity contribution >= 4 is 27.7 Å². The molecule has 0 aliphatic heterocycles. The van der Waals surface area contributed by atoms with Gasteiger partial charge >= 0.3 is 0 Å². The number of hydrogen-bond acceptors (Lipinski definition) is 3. The molecule has 5 aromatic rings. The first kappa shape index (κ1) is 23.5. The second kappa shape index (κ2) is 9.77. The third-order valence-corrected chi connectivity index (χ3v) is 6.45. The van der Waals surface area contributed by atoms with Gasteiger partial charge in [-0.25, -0.2) is 9.37 Å². The maximum Gasteiger partial charge on any atom is 0.258 e. The average molecular weight is 483 g/mol. The molecule has 0 saturated heterocycles. The van der Waals surface area contributed by atoms with E-state index in [1.807, 2.05) is 50.2 Å². The van der Waals surface area contributed by atoms with Gasteiger partial charge in [0.1, 0.15) is 11.6 Å². The summed E-state index contributed by atoms with van der Waals surface area (Å²) < 4.78 is 14.1. The number of aromatic nitrogens is 3. The van der Waals surface area contributed by atoms with E-state index in [1.54, 1.807) is 29.2 Å². The number of para-hydroxylation sites is 1. The predicted molar refractivity (Wildman–Crippen MR) is 140 cm³/mol. The van der Waals surface area contributed by atoms with E-state index in [9.17, 15) is 14.0 Å². The number of carbonyl (C=O) groups is 1. The number of fused-ring (bicyclic) bond motifs is 2. The maximum atomic E-state index is 14.1. The smallest absolute Gasteiger partial charge is 0.258 e. The molecule has 2 heterocycles. The Bertz CT molecular complexity index is 1600. The lowest BCUT2D eigenvalue weighted by atomic mass is 10.0. The Hall–Kier alpha value is -4.26. The van der Waals surface area contributed by atoms with Gasteiger partial charge in [-0.15, -0.1) is 0 Å². The van der Waals surface area contributed by atoms with Crippen LogP contribution in [0.1, 0.15) is 31.7 Å². The van der Waals surface area contributed by atoms with Crippen molar-refractivity contribution in [2.45, 2.75) is 39.3 Å². The van der Waals surface area contributed by atoms with E-state index in [2.05, 4.69) is 15.0 Å². The molecule has 2 N–H and O–H groups in total. The van der Waals surface area contributed by atoms with Crippen LogP contribution < -0.4 is 5.56 Å². The number of aryl methyl sites for hydroxylation is 1. The van der Waals surface area contributed by atoms with Crippen LogP contribution in [0.3, 0.4) is 0 Å². The zero-order valence-corrected chi connectivity index (χ0v) is 20.2. The lowest BCUT2D eigenvalue weighted by Gasteiger charge is -2.26. The molecule has 0 atom stereocenters. The Kier molecular flexibility index (Phi) is 6.38. The monoisotopic (exact) mass is 482 g/mol. The molecule has 0 saturated carbocycles. The van der Waals surface area contributed by atoms with Crippen LogP contribution in [0.15, 0.2) is 77.6 Å². The molecule has 7 heteroatoms. The van der Waals surface area contributed by atoms with Gasteiger partial charge in [-0.2, -0.15) is 0 Å². The molecule has 1 amide bonds. The van der Waals surface area contributed by atoms with E-state index in [-0.39, 0.29) is 36.3 Å². The summed E-state index contributed by atoms with van der Waals surface area (Å²) in [5.41, 5.74) is 3.98. The maximum absolute atomic E-state index is 14.1. The number of benzene rings is 3. The van der Waals surface area contributed by atoms with Crippen LogP contribution in [0.25, 0.3) is 33.1 Å². The molecule has 0 unspecified atom stereocenters. The molecular weight excluding hydrogens is 455 g/mol. The minimum absolute atomic E-state index is 0.0643. The quantitative estimate of drug-likeness (QED) is 0.318. The molecule has 6 nitrogen and oxygen atoms in total. The first-order chi connectivity index (χ1) is 17.4. The molecule has 0 aliphatic carbocycles. The number of nitrogens with one attached hydrogen (secondary N) is 2. The van der Waals surface area contributed by atoms with Crippen molar-refractivity contribution in [1.82, 2.24) is 19.9 Å². The summed E-state index contributed by atoms with van der Waals surface area (Å²) >= 11 is 0. The highest BCUT2D eigenvalue weighted by Crippen LogP contribution is 2.32. The molecule has 0 spiro atoms.